The molecule has 1 aliphatic rings. The molecule has 0 aromatic heterocycles. The Morgan fingerprint density at radius 2 is 1.93 bits per heavy atom. The second kappa shape index (κ2) is 8.34. The average molecular weight is 378 g/mol. The average Bonchev–Trinajstić information content (AvgIpc) is 2.68. The molecule has 2 aromatic rings. The van der Waals surface area contributed by atoms with E-state index in [0.29, 0.717) is 12.2 Å². The van der Waals surface area contributed by atoms with Crippen molar-refractivity contribution in [1.29, 1.82) is 0 Å². The van der Waals surface area contributed by atoms with Crippen molar-refractivity contribution in [3.05, 3.63) is 64.4 Å². The van der Waals surface area contributed by atoms with Gasteiger partial charge in [-0.3, -0.25) is 0 Å². The minimum absolute atomic E-state index is 0.225. The largest absolute Gasteiger partial charge is 0.508 e. The van der Waals surface area contributed by atoms with Crippen LogP contribution in [0.5, 0.6) is 5.75 Å². The van der Waals surface area contributed by atoms with Crippen LogP contribution in [0.4, 0.5) is 0 Å². The van der Waals surface area contributed by atoms with Gasteiger partial charge in [0.1, 0.15) is 5.75 Å². The highest BCUT2D eigenvalue weighted by atomic mass is 16.5. The van der Waals surface area contributed by atoms with Crippen molar-refractivity contribution in [2.45, 2.75) is 27.2 Å². The van der Waals surface area contributed by atoms with E-state index in [4.69, 9.17) is 9.47 Å². The monoisotopic (exact) mass is 378 g/mol. The lowest BCUT2D eigenvalue weighted by molar-refractivity contribution is -0.138. The zero-order valence-electron chi connectivity index (χ0n) is 16.8. The van der Waals surface area contributed by atoms with E-state index in [1.54, 1.807) is 33.1 Å². The number of hydrogen-bond acceptors (Lipinski definition) is 4. The molecule has 4 nitrogen and oxygen atoms in total. The van der Waals surface area contributed by atoms with Crippen LogP contribution in [0.15, 0.2) is 47.7 Å². The molecule has 0 amide bonds. The number of methoxy groups -OCH3 is 1. The highest BCUT2D eigenvalue weighted by Crippen LogP contribution is 2.39. The standard InChI is InChI=1S/C24H26O4/c1-5-28-24(26)16(3)12-19-7-6-18-14-22(27-4)15(2)13-21(18)23(19)17-8-10-20(25)11-9-17/h6-12,14-15,25H,5,13H2,1-4H3/b16-12+. The zero-order chi connectivity index (χ0) is 20.3. The number of allylic oxidation sites excluding steroid dienone is 1. The van der Waals surface area contributed by atoms with Gasteiger partial charge in [-0.1, -0.05) is 31.2 Å². The van der Waals surface area contributed by atoms with Crippen LogP contribution in [0.1, 0.15) is 37.5 Å². The fraction of sp³-hybridized carbons (Fsp3) is 0.292. The molecule has 146 valence electrons. The topological polar surface area (TPSA) is 55.8 Å². The highest BCUT2D eigenvalue weighted by Gasteiger charge is 2.23. The fourth-order valence-corrected chi connectivity index (χ4v) is 3.63. The van der Waals surface area contributed by atoms with Gasteiger partial charge in [0.25, 0.3) is 0 Å². The first-order valence-electron chi connectivity index (χ1n) is 9.50. The molecule has 0 fully saturated rings. The Labute approximate surface area is 166 Å². The molecule has 3 rings (SSSR count). The molecule has 1 N–H and O–H groups in total. The maximum atomic E-state index is 12.1. The summed E-state index contributed by atoms with van der Waals surface area (Å²) in [5.74, 6) is 1.14. The Morgan fingerprint density at radius 1 is 1.21 bits per heavy atom. The Morgan fingerprint density at radius 3 is 2.57 bits per heavy atom. The van der Waals surface area contributed by atoms with Crippen molar-refractivity contribution in [3.8, 4) is 16.9 Å². The quantitative estimate of drug-likeness (QED) is 0.573. The molecule has 0 bridgehead atoms. The summed E-state index contributed by atoms with van der Waals surface area (Å²) >= 11 is 0. The summed E-state index contributed by atoms with van der Waals surface area (Å²) in [7, 11) is 1.70. The van der Waals surface area contributed by atoms with E-state index >= 15 is 0 Å². The van der Waals surface area contributed by atoms with Gasteiger partial charge in [-0.15, -0.1) is 0 Å². The van der Waals surface area contributed by atoms with E-state index in [9.17, 15) is 9.90 Å². The van der Waals surface area contributed by atoms with Crippen molar-refractivity contribution >= 4 is 18.1 Å². The molecule has 2 aromatic carbocycles. The summed E-state index contributed by atoms with van der Waals surface area (Å²) in [6.45, 7) is 6.06. The highest BCUT2D eigenvalue weighted by molar-refractivity contribution is 5.95. The van der Waals surface area contributed by atoms with Crippen LogP contribution in [0.2, 0.25) is 0 Å². The van der Waals surface area contributed by atoms with E-state index in [0.717, 1.165) is 34.4 Å². The van der Waals surface area contributed by atoms with Gasteiger partial charge in [0.15, 0.2) is 0 Å². The van der Waals surface area contributed by atoms with Gasteiger partial charge in [-0.25, -0.2) is 4.79 Å². The molecule has 4 heteroatoms. The van der Waals surface area contributed by atoms with Crippen LogP contribution in [-0.4, -0.2) is 24.8 Å². The number of rotatable bonds is 5. The number of phenols is 1. The van der Waals surface area contributed by atoms with Gasteiger partial charge in [0.05, 0.1) is 19.5 Å². The number of carbonyl (C=O) groups is 1. The molecule has 0 saturated heterocycles. The third-order valence-corrected chi connectivity index (χ3v) is 5.04. The lowest BCUT2D eigenvalue weighted by Gasteiger charge is -2.25. The van der Waals surface area contributed by atoms with E-state index < -0.39 is 0 Å². The van der Waals surface area contributed by atoms with Crippen molar-refractivity contribution in [3.63, 3.8) is 0 Å². The summed E-state index contributed by atoms with van der Waals surface area (Å²) in [6.07, 6.45) is 4.80. The molecule has 0 radical (unpaired) electrons. The summed E-state index contributed by atoms with van der Waals surface area (Å²) in [4.78, 5) is 12.1. The summed E-state index contributed by atoms with van der Waals surface area (Å²) in [5.41, 5.74) is 5.90. The van der Waals surface area contributed by atoms with Crippen molar-refractivity contribution in [2.75, 3.05) is 13.7 Å². The van der Waals surface area contributed by atoms with Crippen LogP contribution in [0.3, 0.4) is 0 Å². The van der Waals surface area contributed by atoms with Crippen LogP contribution in [0, 0.1) is 5.92 Å². The van der Waals surface area contributed by atoms with Crippen LogP contribution in [-0.2, 0) is 20.7 Å². The lowest BCUT2D eigenvalue weighted by atomic mass is 9.81. The molecular weight excluding hydrogens is 352 g/mol. The molecule has 28 heavy (non-hydrogen) atoms. The Kier molecular flexibility index (Phi) is 5.88. The molecule has 0 aliphatic heterocycles. The predicted octanol–water partition coefficient (Wildman–Crippen LogP) is 5.21. The number of aromatic hydroxyl groups is 1. The second-order valence-corrected chi connectivity index (χ2v) is 7.05. The molecule has 1 atom stereocenters. The van der Waals surface area contributed by atoms with E-state index in [2.05, 4.69) is 19.1 Å². The lowest BCUT2D eigenvalue weighted by Crippen LogP contribution is -2.13. The minimum atomic E-state index is -0.313. The molecule has 1 aliphatic carbocycles. The van der Waals surface area contributed by atoms with Crippen LogP contribution >= 0.6 is 0 Å². The molecule has 0 saturated carbocycles. The molecule has 0 spiro atoms. The normalized spacial score (nSPS) is 16.2. The fourth-order valence-electron chi connectivity index (χ4n) is 3.63. The van der Waals surface area contributed by atoms with Gasteiger partial charge in [-0.2, -0.15) is 0 Å². The van der Waals surface area contributed by atoms with Crippen molar-refractivity contribution < 1.29 is 19.4 Å². The zero-order valence-corrected chi connectivity index (χ0v) is 16.8. The smallest absolute Gasteiger partial charge is 0.333 e. The third-order valence-electron chi connectivity index (χ3n) is 5.04. The van der Waals surface area contributed by atoms with Gasteiger partial charge < -0.3 is 14.6 Å². The van der Waals surface area contributed by atoms with Gasteiger partial charge >= 0.3 is 5.97 Å². The predicted molar refractivity (Wildman–Crippen MR) is 112 cm³/mol. The van der Waals surface area contributed by atoms with E-state index in [1.165, 1.54) is 5.56 Å². The maximum Gasteiger partial charge on any atom is 0.333 e. The number of esters is 1. The van der Waals surface area contributed by atoms with Crippen molar-refractivity contribution in [1.82, 2.24) is 0 Å². The van der Waals surface area contributed by atoms with Gasteiger partial charge in [0.2, 0.25) is 0 Å². The summed E-state index contributed by atoms with van der Waals surface area (Å²) in [6, 6.07) is 11.3. The van der Waals surface area contributed by atoms with Crippen molar-refractivity contribution in [2.24, 2.45) is 5.92 Å². The molecule has 0 heterocycles. The van der Waals surface area contributed by atoms with E-state index in [1.807, 2.05) is 24.3 Å². The number of fused-ring (bicyclic) bond motifs is 1. The second-order valence-electron chi connectivity index (χ2n) is 7.05. The number of phenolic OH excluding ortho intramolecular Hbond substituents is 1. The Hall–Kier alpha value is -3.01. The number of benzene rings is 2. The van der Waals surface area contributed by atoms with Gasteiger partial charge in [0, 0.05) is 11.5 Å². The first-order chi connectivity index (χ1) is 13.4. The first-order valence-corrected chi connectivity index (χ1v) is 9.50. The number of hydrogen-bond donors (Lipinski definition) is 1. The summed E-state index contributed by atoms with van der Waals surface area (Å²) in [5, 5.41) is 9.70. The molecule has 1 unspecified atom stereocenters. The number of ether oxygens (including phenoxy) is 2. The Balaban J connectivity index is 2.20. The third kappa shape index (κ3) is 3.96. The van der Waals surface area contributed by atoms with Crippen LogP contribution < -0.4 is 0 Å². The SMILES string of the molecule is CCOC(=O)/C(C)=C/c1ccc2c(c1-c1ccc(O)cc1)CC(C)C(OC)=C2. The minimum Gasteiger partial charge on any atom is -0.508 e. The molecular formula is C24H26O4. The Bertz CT molecular complexity index is 936. The van der Waals surface area contributed by atoms with E-state index in [-0.39, 0.29) is 17.6 Å². The van der Waals surface area contributed by atoms with Gasteiger partial charge in [-0.05, 0) is 72.4 Å². The van der Waals surface area contributed by atoms with Crippen LogP contribution in [0.25, 0.3) is 23.3 Å². The first kappa shape index (κ1) is 19.7. The summed E-state index contributed by atoms with van der Waals surface area (Å²) < 4.78 is 10.7. The number of carbonyl (C=O) groups excluding carboxylic acids is 1. The maximum absolute atomic E-state index is 12.1.